The zero-order chi connectivity index (χ0) is 26.2. The highest BCUT2D eigenvalue weighted by Gasteiger charge is 2.26. The molecule has 0 unspecified atom stereocenters. The normalized spacial score (nSPS) is 11.7. The lowest BCUT2D eigenvalue weighted by molar-refractivity contribution is 0.587. The Morgan fingerprint density at radius 3 is 1.39 bits per heavy atom. The Bertz CT molecular complexity index is 1450. The van der Waals surface area contributed by atoms with E-state index in [1.807, 2.05) is 12.1 Å². The van der Waals surface area contributed by atoms with Crippen LogP contribution < -0.4 is 15.5 Å². The van der Waals surface area contributed by atoms with Crippen LogP contribution in [-0.4, -0.2) is 28.3 Å². The zero-order valence-electron chi connectivity index (χ0n) is 19.0. The number of sulfone groups is 2. The van der Waals surface area contributed by atoms with Crippen LogP contribution in [0.5, 0.6) is 0 Å². The van der Waals surface area contributed by atoms with Crippen LogP contribution in [0.4, 0.5) is 11.4 Å². The van der Waals surface area contributed by atoms with Crippen LogP contribution in [0.2, 0.25) is 0 Å². The van der Waals surface area contributed by atoms with E-state index in [1.54, 1.807) is 30.3 Å². The van der Waals surface area contributed by atoms with Crippen molar-refractivity contribution in [3.8, 4) is 12.1 Å². The minimum absolute atomic E-state index is 0.0546. The summed E-state index contributed by atoms with van der Waals surface area (Å²) in [6, 6.07) is 23.7. The standard InChI is InChI=1S/C24H23N4O5PS2/c25-16-4-18-35(30,31)23-12-8-20(9-13-23)27-34(29,22-6-2-1-3-7-22)28-21-10-14-24(15-11-21)36(32,33)19-5-17-26/h1-3,6-15H,4-5,18-19H2,(H2,27,28,29). The minimum Gasteiger partial charge on any atom is -0.317 e. The lowest BCUT2D eigenvalue weighted by atomic mass is 10.3. The van der Waals surface area contributed by atoms with Crippen LogP contribution in [0.1, 0.15) is 12.8 Å². The third-order valence-corrected chi connectivity index (χ3v) is 10.7. The van der Waals surface area contributed by atoms with E-state index in [2.05, 4.69) is 10.2 Å². The predicted octanol–water partition coefficient (Wildman–Crippen LogP) is 4.10. The highest BCUT2D eigenvalue weighted by Crippen LogP contribution is 2.44. The van der Waals surface area contributed by atoms with Crippen molar-refractivity contribution in [2.24, 2.45) is 0 Å². The van der Waals surface area contributed by atoms with E-state index < -0.39 is 27.1 Å². The molecule has 0 aliphatic heterocycles. The fourth-order valence-corrected chi connectivity index (χ4v) is 7.45. The highest BCUT2D eigenvalue weighted by atomic mass is 32.2. The Morgan fingerprint density at radius 2 is 1.03 bits per heavy atom. The molecule has 0 fully saturated rings. The van der Waals surface area contributed by atoms with Crippen LogP contribution in [0.3, 0.4) is 0 Å². The number of nitriles is 2. The van der Waals surface area contributed by atoms with Gasteiger partial charge in [0.1, 0.15) is 0 Å². The summed E-state index contributed by atoms with van der Waals surface area (Å²) in [6.45, 7) is 0. The van der Waals surface area contributed by atoms with Crippen molar-refractivity contribution < 1.29 is 21.4 Å². The van der Waals surface area contributed by atoms with E-state index in [-0.39, 0.29) is 34.1 Å². The monoisotopic (exact) mass is 542 g/mol. The Balaban J connectivity index is 1.88. The van der Waals surface area contributed by atoms with Gasteiger partial charge in [-0.1, -0.05) is 18.2 Å². The smallest absolute Gasteiger partial charge is 0.287 e. The summed E-state index contributed by atoms with van der Waals surface area (Å²) < 4.78 is 63.3. The lowest BCUT2D eigenvalue weighted by Crippen LogP contribution is -2.18. The first-order valence-electron chi connectivity index (χ1n) is 10.7. The summed E-state index contributed by atoms with van der Waals surface area (Å²) in [5.74, 6) is -0.578. The Labute approximate surface area is 210 Å². The second kappa shape index (κ2) is 11.4. The third-order valence-electron chi connectivity index (χ3n) is 5.08. The third kappa shape index (κ3) is 6.73. The second-order valence-electron chi connectivity index (χ2n) is 7.67. The fraction of sp³-hybridized carbons (Fsp3) is 0.167. The van der Waals surface area contributed by atoms with Gasteiger partial charge in [0.25, 0.3) is 7.44 Å². The number of hydrogen-bond donors (Lipinski definition) is 2. The van der Waals surface area contributed by atoms with Gasteiger partial charge in [-0.2, -0.15) is 10.5 Å². The van der Waals surface area contributed by atoms with Gasteiger partial charge in [0, 0.05) is 24.2 Å². The number of nitrogens with one attached hydrogen (secondary N) is 2. The minimum atomic E-state index is -3.61. The van der Waals surface area contributed by atoms with Gasteiger partial charge < -0.3 is 10.2 Å². The molecular weight excluding hydrogens is 519 g/mol. The molecule has 0 aliphatic carbocycles. The van der Waals surface area contributed by atoms with Gasteiger partial charge in [0.05, 0.1) is 38.7 Å². The molecule has 3 aromatic rings. The molecule has 2 N–H and O–H groups in total. The maximum absolute atomic E-state index is 14.1. The molecule has 0 atom stereocenters. The Hall–Kier alpha value is -3.63. The Morgan fingerprint density at radius 1 is 0.639 bits per heavy atom. The number of nitrogens with zero attached hydrogens (tertiary/aromatic N) is 2. The summed E-state index contributed by atoms with van der Waals surface area (Å²) in [5.41, 5.74) is 0.786. The highest BCUT2D eigenvalue weighted by molar-refractivity contribution is 7.91. The van der Waals surface area contributed by atoms with Crippen LogP contribution in [-0.2, 0) is 24.2 Å². The van der Waals surface area contributed by atoms with E-state index in [0.717, 1.165) is 0 Å². The van der Waals surface area contributed by atoms with Crippen LogP contribution in [0.15, 0.2) is 88.7 Å². The molecule has 0 saturated carbocycles. The molecule has 0 bridgehead atoms. The maximum atomic E-state index is 14.1. The number of anilines is 2. The van der Waals surface area contributed by atoms with Gasteiger partial charge in [-0.25, -0.2) is 16.8 Å². The first kappa shape index (κ1) is 27.0. The summed E-state index contributed by atoms with van der Waals surface area (Å²) >= 11 is 0. The molecule has 0 saturated heterocycles. The van der Waals surface area contributed by atoms with Gasteiger partial charge in [0.2, 0.25) is 0 Å². The molecule has 0 aliphatic rings. The number of rotatable bonds is 11. The van der Waals surface area contributed by atoms with Crippen molar-refractivity contribution in [3.63, 3.8) is 0 Å². The topological polar surface area (TPSA) is 157 Å². The lowest BCUT2D eigenvalue weighted by Gasteiger charge is -2.23. The van der Waals surface area contributed by atoms with E-state index in [9.17, 15) is 21.4 Å². The van der Waals surface area contributed by atoms with E-state index in [1.165, 1.54) is 48.5 Å². The molecule has 36 heavy (non-hydrogen) atoms. The average molecular weight is 543 g/mol. The molecule has 186 valence electrons. The van der Waals surface area contributed by atoms with Crippen LogP contribution >= 0.6 is 7.44 Å². The number of benzene rings is 3. The molecule has 0 spiro atoms. The van der Waals surface area contributed by atoms with Crippen molar-refractivity contribution >= 4 is 43.8 Å². The van der Waals surface area contributed by atoms with Gasteiger partial charge in [-0.05, 0) is 60.7 Å². The zero-order valence-corrected chi connectivity index (χ0v) is 21.6. The first-order chi connectivity index (χ1) is 17.1. The van der Waals surface area contributed by atoms with Gasteiger partial charge >= 0.3 is 0 Å². The van der Waals surface area contributed by atoms with Gasteiger partial charge in [-0.3, -0.25) is 4.57 Å². The largest absolute Gasteiger partial charge is 0.317 e. The quantitative estimate of drug-likeness (QED) is 0.340. The second-order valence-corrected chi connectivity index (χ2v) is 14.1. The average Bonchev–Trinajstić information content (AvgIpc) is 2.87. The summed E-state index contributed by atoms with van der Waals surface area (Å²) in [6.07, 6.45) is -0.234. The first-order valence-corrected chi connectivity index (χ1v) is 15.7. The van der Waals surface area contributed by atoms with E-state index >= 15 is 0 Å². The molecule has 0 aromatic heterocycles. The van der Waals surface area contributed by atoms with E-state index in [0.29, 0.717) is 16.7 Å². The van der Waals surface area contributed by atoms with Gasteiger partial charge in [-0.15, -0.1) is 0 Å². The molecule has 3 aromatic carbocycles. The maximum Gasteiger partial charge on any atom is 0.287 e. The van der Waals surface area contributed by atoms with Crippen molar-refractivity contribution in [3.05, 3.63) is 78.9 Å². The van der Waals surface area contributed by atoms with Crippen LogP contribution in [0, 0.1) is 22.7 Å². The molecule has 0 amide bonds. The van der Waals surface area contributed by atoms with Crippen molar-refractivity contribution in [1.29, 1.82) is 10.5 Å². The molecule has 0 radical (unpaired) electrons. The molecule has 0 heterocycles. The fourth-order valence-electron chi connectivity index (χ4n) is 3.23. The number of hydrogen-bond acceptors (Lipinski definition) is 7. The van der Waals surface area contributed by atoms with E-state index in [4.69, 9.17) is 10.5 Å². The summed E-state index contributed by atoms with van der Waals surface area (Å²) in [5, 5.41) is 23.7. The summed E-state index contributed by atoms with van der Waals surface area (Å²) in [7, 11) is -10.8. The molecule has 12 heteroatoms. The van der Waals surface area contributed by atoms with Crippen LogP contribution in [0.25, 0.3) is 0 Å². The van der Waals surface area contributed by atoms with Gasteiger partial charge in [0.15, 0.2) is 19.7 Å². The van der Waals surface area contributed by atoms with Crippen molar-refractivity contribution in [2.45, 2.75) is 22.6 Å². The van der Waals surface area contributed by atoms with Crippen molar-refractivity contribution in [1.82, 2.24) is 0 Å². The molecular formula is C24H23N4O5PS2. The summed E-state index contributed by atoms with van der Waals surface area (Å²) in [4.78, 5) is 0.109. The predicted molar refractivity (Wildman–Crippen MR) is 138 cm³/mol. The Kier molecular flexibility index (Phi) is 8.54. The molecule has 9 nitrogen and oxygen atoms in total. The molecule has 3 rings (SSSR count). The SMILES string of the molecule is N#CCCS(=O)(=O)c1ccc(NP(=O)(Nc2ccc(S(=O)(=O)CCC#N)cc2)c2ccccc2)cc1. The van der Waals surface area contributed by atoms with Crippen molar-refractivity contribution in [2.75, 3.05) is 21.7 Å².